The fraction of sp³-hybridized carbons (Fsp3) is 0.467. The van der Waals surface area contributed by atoms with Crippen LogP contribution in [0.3, 0.4) is 0 Å². The Morgan fingerprint density at radius 1 is 1.26 bits per heavy atom. The Hall–Kier alpha value is -1.86. The molecule has 1 amide bonds. The van der Waals surface area contributed by atoms with Gasteiger partial charge in [-0.1, -0.05) is 0 Å². The van der Waals surface area contributed by atoms with Crippen LogP contribution in [0.25, 0.3) is 0 Å². The molecule has 4 heteroatoms. The summed E-state index contributed by atoms with van der Waals surface area (Å²) in [4.78, 5) is 14.2. The number of carbonyl (C=O) groups is 1. The normalized spacial score (nSPS) is 29.1. The van der Waals surface area contributed by atoms with Gasteiger partial charge in [-0.2, -0.15) is 5.26 Å². The van der Waals surface area contributed by atoms with E-state index in [1.165, 1.54) is 0 Å². The molecule has 1 N–H and O–H groups in total. The second-order valence-corrected chi connectivity index (χ2v) is 5.47. The summed E-state index contributed by atoms with van der Waals surface area (Å²) < 4.78 is 0. The maximum absolute atomic E-state index is 12.3. The number of hydrogen-bond acceptors (Lipinski definition) is 3. The van der Waals surface area contributed by atoms with Crippen LogP contribution in [0.4, 0.5) is 0 Å². The fourth-order valence-corrected chi connectivity index (χ4v) is 3.27. The van der Waals surface area contributed by atoms with E-state index in [0.717, 1.165) is 19.4 Å². The van der Waals surface area contributed by atoms with Gasteiger partial charge in [-0.15, -0.1) is 0 Å². The number of carbonyl (C=O) groups excluding carboxylic acids is 1. The first-order chi connectivity index (χ1) is 9.19. The van der Waals surface area contributed by atoms with E-state index >= 15 is 0 Å². The molecule has 1 aliphatic carbocycles. The number of nitrogens with zero attached hydrogens (tertiary/aromatic N) is 2. The van der Waals surface area contributed by atoms with E-state index < -0.39 is 0 Å². The molecule has 3 atom stereocenters. The summed E-state index contributed by atoms with van der Waals surface area (Å²) in [5.74, 6) is 0.714. The third-order valence-corrected chi connectivity index (χ3v) is 4.37. The van der Waals surface area contributed by atoms with Crippen LogP contribution in [0.15, 0.2) is 24.3 Å². The maximum atomic E-state index is 12.3. The van der Waals surface area contributed by atoms with E-state index in [1.54, 1.807) is 24.3 Å². The highest BCUT2D eigenvalue weighted by Gasteiger charge is 2.43. The van der Waals surface area contributed by atoms with Crippen molar-refractivity contribution in [3.05, 3.63) is 35.4 Å². The molecule has 4 nitrogen and oxygen atoms in total. The minimum atomic E-state index is -0.247. The molecule has 1 aromatic carbocycles. The highest BCUT2D eigenvalue weighted by molar-refractivity contribution is 5.94. The van der Waals surface area contributed by atoms with Crippen LogP contribution in [-0.4, -0.2) is 35.1 Å². The lowest BCUT2D eigenvalue weighted by atomic mass is 10.00. The number of rotatable bonds is 1. The molecule has 1 heterocycles. The van der Waals surface area contributed by atoms with Crippen molar-refractivity contribution < 1.29 is 9.90 Å². The summed E-state index contributed by atoms with van der Waals surface area (Å²) in [6, 6.07) is 8.77. The number of fused-ring (bicyclic) bond motifs is 1. The Balaban J connectivity index is 1.73. The first-order valence-corrected chi connectivity index (χ1v) is 6.66. The Morgan fingerprint density at radius 2 is 2.00 bits per heavy atom. The third kappa shape index (κ3) is 2.11. The quantitative estimate of drug-likeness (QED) is 0.826. The Morgan fingerprint density at radius 3 is 2.63 bits per heavy atom. The summed E-state index contributed by atoms with van der Waals surface area (Å²) in [7, 11) is 0. The van der Waals surface area contributed by atoms with Gasteiger partial charge in [0, 0.05) is 24.6 Å². The van der Waals surface area contributed by atoms with E-state index in [0.29, 0.717) is 23.6 Å². The highest BCUT2D eigenvalue weighted by Crippen LogP contribution is 2.38. The van der Waals surface area contributed by atoms with E-state index in [1.807, 2.05) is 11.0 Å². The minimum absolute atomic E-state index is 0.00564. The molecule has 0 aromatic heterocycles. The molecule has 1 aromatic rings. The zero-order valence-electron chi connectivity index (χ0n) is 10.6. The smallest absolute Gasteiger partial charge is 0.253 e. The predicted molar refractivity (Wildman–Crippen MR) is 69.3 cm³/mol. The molecule has 98 valence electrons. The van der Waals surface area contributed by atoms with Crippen molar-refractivity contribution >= 4 is 5.91 Å². The monoisotopic (exact) mass is 256 g/mol. The van der Waals surface area contributed by atoms with Gasteiger partial charge in [0.25, 0.3) is 5.91 Å². The fourth-order valence-electron chi connectivity index (χ4n) is 3.27. The average Bonchev–Trinajstić information content (AvgIpc) is 3.01. The molecule has 3 rings (SSSR count). The van der Waals surface area contributed by atoms with Crippen molar-refractivity contribution in [2.45, 2.75) is 18.9 Å². The minimum Gasteiger partial charge on any atom is -0.393 e. The van der Waals surface area contributed by atoms with Crippen molar-refractivity contribution in [3.63, 3.8) is 0 Å². The highest BCUT2D eigenvalue weighted by atomic mass is 16.3. The molecule has 1 saturated carbocycles. The van der Waals surface area contributed by atoms with Crippen LogP contribution in [0.2, 0.25) is 0 Å². The number of amides is 1. The number of nitriles is 1. The SMILES string of the molecule is N#Cc1ccc(C(=O)N2CC3CCC(O)C3C2)cc1. The Kier molecular flexibility index (Phi) is 3.00. The Bertz CT molecular complexity index is 532. The zero-order valence-corrected chi connectivity index (χ0v) is 10.6. The predicted octanol–water partition coefficient (Wildman–Crippen LogP) is 1.40. The molecule has 0 bridgehead atoms. The van der Waals surface area contributed by atoms with Gasteiger partial charge >= 0.3 is 0 Å². The van der Waals surface area contributed by atoms with Gasteiger partial charge in [-0.3, -0.25) is 4.79 Å². The summed E-state index contributed by atoms with van der Waals surface area (Å²) in [6.07, 6.45) is 1.64. The van der Waals surface area contributed by atoms with Crippen LogP contribution in [-0.2, 0) is 0 Å². The summed E-state index contributed by atoms with van der Waals surface area (Å²) in [5, 5.41) is 18.6. The van der Waals surface area contributed by atoms with Crippen molar-refractivity contribution in [1.29, 1.82) is 5.26 Å². The Labute approximate surface area is 112 Å². The van der Waals surface area contributed by atoms with E-state index in [4.69, 9.17) is 5.26 Å². The van der Waals surface area contributed by atoms with E-state index in [2.05, 4.69) is 0 Å². The number of likely N-dealkylation sites (tertiary alicyclic amines) is 1. The largest absolute Gasteiger partial charge is 0.393 e. The molecular formula is C15H16N2O2. The molecular weight excluding hydrogens is 240 g/mol. The van der Waals surface area contributed by atoms with Gasteiger partial charge in [-0.25, -0.2) is 0 Å². The topological polar surface area (TPSA) is 64.3 Å². The lowest BCUT2D eigenvalue weighted by molar-refractivity contribution is 0.0752. The van der Waals surface area contributed by atoms with Crippen molar-refractivity contribution in [3.8, 4) is 6.07 Å². The standard InChI is InChI=1S/C15H16N2O2/c16-7-10-1-3-11(4-2-10)15(19)17-8-12-5-6-14(18)13(12)9-17/h1-4,12-14,18H,5-6,8-9H2. The van der Waals surface area contributed by atoms with Crippen molar-refractivity contribution in [2.75, 3.05) is 13.1 Å². The van der Waals surface area contributed by atoms with Gasteiger partial charge in [0.15, 0.2) is 0 Å². The molecule has 2 fully saturated rings. The van der Waals surface area contributed by atoms with Crippen molar-refractivity contribution in [1.82, 2.24) is 4.90 Å². The number of hydrogen-bond donors (Lipinski definition) is 1. The van der Waals surface area contributed by atoms with Gasteiger partial charge < -0.3 is 10.0 Å². The summed E-state index contributed by atoms with van der Waals surface area (Å²) in [5.41, 5.74) is 1.18. The lowest BCUT2D eigenvalue weighted by Crippen LogP contribution is -2.31. The van der Waals surface area contributed by atoms with E-state index in [9.17, 15) is 9.90 Å². The van der Waals surface area contributed by atoms with Gasteiger partial charge in [-0.05, 0) is 43.0 Å². The van der Waals surface area contributed by atoms with Crippen LogP contribution >= 0.6 is 0 Å². The zero-order chi connectivity index (χ0) is 13.4. The molecule has 0 radical (unpaired) electrons. The van der Waals surface area contributed by atoms with Crippen LogP contribution in [0, 0.1) is 23.2 Å². The van der Waals surface area contributed by atoms with Crippen LogP contribution in [0.5, 0.6) is 0 Å². The molecule has 2 aliphatic rings. The van der Waals surface area contributed by atoms with Crippen LogP contribution in [0.1, 0.15) is 28.8 Å². The van der Waals surface area contributed by atoms with Crippen molar-refractivity contribution in [2.24, 2.45) is 11.8 Å². The molecule has 3 unspecified atom stereocenters. The van der Waals surface area contributed by atoms with Gasteiger partial charge in [0.1, 0.15) is 0 Å². The molecule has 1 aliphatic heterocycles. The van der Waals surface area contributed by atoms with Gasteiger partial charge in [0.05, 0.1) is 17.7 Å². The molecule has 1 saturated heterocycles. The first-order valence-electron chi connectivity index (χ1n) is 6.66. The summed E-state index contributed by atoms with van der Waals surface area (Å²) in [6.45, 7) is 1.41. The van der Waals surface area contributed by atoms with Gasteiger partial charge in [0.2, 0.25) is 0 Å². The second-order valence-electron chi connectivity index (χ2n) is 5.47. The number of aliphatic hydroxyl groups is 1. The molecule has 0 spiro atoms. The van der Waals surface area contributed by atoms with Crippen LogP contribution < -0.4 is 0 Å². The number of aliphatic hydroxyl groups excluding tert-OH is 1. The molecule has 19 heavy (non-hydrogen) atoms. The summed E-state index contributed by atoms with van der Waals surface area (Å²) >= 11 is 0. The van der Waals surface area contributed by atoms with E-state index in [-0.39, 0.29) is 17.9 Å². The third-order valence-electron chi connectivity index (χ3n) is 4.37. The lowest BCUT2D eigenvalue weighted by Gasteiger charge is -2.18. The maximum Gasteiger partial charge on any atom is 0.253 e. The number of benzene rings is 1. The first kappa shape index (κ1) is 12.2. The second kappa shape index (κ2) is 4.67. The average molecular weight is 256 g/mol.